The van der Waals surface area contributed by atoms with Crippen molar-refractivity contribution in [3.8, 4) is 0 Å². The van der Waals surface area contributed by atoms with E-state index in [1.165, 1.54) is 12.1 Å². The van der Waals surface area contributed by atoms with Gasteiger partial charge in [0.15, 0.2) is 5.78 Å². The smallest absolute Gasteiger partial charge is 0.289 e. The third-order valence-electron chi connectivity index (χ3n) is 3.49. The van der Waals surface area contributed by atoms with Crippen molar-refractivity contribution in [2.45, 2.75) is 4.90 Å². The zero-order chi connectivity index (χ0) is 16.9. The molecular formula is C14H7NO7S. The average Bonchev–Trinajstić information content (AvgIpc) is 2.50. The summed E-state index contributed by atoms with van der Waals surface area (Å²) < 4.78 is 31.4. The van der Waals surface area contributed by atoms with Crippen LogP contribution in [0.25, 0.3) is 0 Å². The molecule has 0 saturated heterocycles. The van der Waals surface area contributed by atoms with Crippen LogP contribution in [0.3, 0.4) is 0 Å². The summed E-state index contributed by atoms with van der Waals surface area (Å²) in [6, 6.07) is 6.59. The highest BCUT2D eigenvalue weighted by Crippen LogP contribution is 2.33. The second-order valence-corrected chi connectivity index (χ2v) is 6.22. The Morgan fingerprint density at radius 2 is 1.65 bits per heavy atom. The van der Waals surface area contributed by atoms with E-state index in [9.17, 15) is 28.1 Å². The Kier molecular flexibility index (Phi) is 3.13. The second kappa shape index (κ2) is 4.80. The minimum Gasteiger partial charge on any atom is -0.289 e. The van der Waals surface area contributed by atoms with Crippen LogP contribution >= 0.6 is 0 Å². The van der Waals surface area contributed by atoms with Gasteiger partial charge in [0.1, 0.15) is 5.56 Å². The summed E-state index contributed by atoms with van der Waals surface area (Å²) in [6.07, 6.45) is 0. The van der Waals surface area contributed by atoms with Crippen molar-refractivity contribution in [1.82, 2.24) is 0 Å². The van der Waals surface area contributed by atoms with Crippen molar-refractivity contribution in [3.05, 3.63) is 68.8 Å². The Hall–Kier alpha value is -2.91. The predicted octanol–water partition coefficient (Wildman–Crippen LogP) is 1.62. The Balaban J connectivity index is 2.33. The van der Waals surface area contributed by atoms with E-state index in [-0.39, 0.29) is 22.3 Å². The molecule has 1 N–H and O–H groups in total. The maximum absolute atomic E-state index is 12.5. The van der Waals surface area contributed by atoms with Crippen molar-refractivity contribution >= 4 is 27.4 Å². The molecule has 23 heavy (non-hydrogen) atoms. The van der Waals surface area contributed by atoms with Crippen molar-refractivity contribution in [2.75, 3.05) is 0 Å². The van der Waals surface area contributed by atoms with E-state index in [4.69, 9.17) is 4.55 Å². The molecule has 0 amide bonds. The fraction of sp³-hybridized carbons (Fsp3) is 0. The molecule has 1 aliphatic rings. The molecule has 2 aromatic carbocycles. The first kappa shape index (κ1) is 15.0. The number of hydrogen-bond acceptors (Lipinski definition) is 6. The number of carbonyl (C=O) groups excluding carboxylic acids is 2. The van der Waals surface area contributed by atoms with Crippen molar-refractivity contribution < 1.29 is 27.5 Å². The van der Waals surface area contributed by atoms with Crippen LogP contribution in [0, 0.1) is 10.1 Å². The number of carbonyl (C=O) groups is 2. The van der Waals surface area contributed by atoms with E-state index in [0.717, 1.165) is 24.3 Å². The van der Waals surface area contributed by atoms with Crippen LogP contribution in [-0.4, -0.2) is 29.5 Å². The number of nitro groups is 1. The fourth-order valence-electron chi connectivity index (χ4n) is 2.47. The molecule has 0 unspecified atom stereocenters. The van der Waals surface area contributed by atoms with Gasteiger partial charge in [0, 0.05) is 22.8 Å². The van der Waals surface area contributed by atoms with Gasteiger partial charge in [-0.15, -0.1) is 0 Å². The molecule has 0 spiro atoms. The first-order valence-corrected chi connectivity index (χ1v) is 7.64. The minimum absolute atomic E-state index is 0.0737. The molecule has 0 radical (unpaired) electrons. The molecule has 0 saturated carbocycles. The van der Waals surface area contributed by atoms with E-state index in [1.54, 1.807) is 0 Å². The normalized spacial score (nSPS) is 13.4. The summed E-state index contributed by atoms with van der Waals surface area (Å²) in [5, 5.41) is 11.1. The molecule has 2 aromatic rings. The van der Waals surface area contributed by atoms with E-state index >= 15 is 0 Å². The Labute approximate surface area is 129 Å². The van der Waals surface area contributed by atoms with Crippen LogP contribution in [-0.2, 0) is 10.1 Å². The van der Waals surface area contributed by atoms with Gasteiger partial charge >= 0.3 is 0 Å². The quantitative estimate of drug-likeness (QED) is 0.428. The summed E-state index contributed by atoms with van der Waals surface area (Å²) in [5.74, 6) is -1.47. The molecule has 8 nitrogen and oxygen atoms in total. The van der Waals surface area contributed by atoms with Crippen LogP contribution in [0.1, 0.15) is 31.8 Å². The van der Waals surface area contributed by atoms with Crippen LogP contribution in [0.15, 0.2) is 41.3 Å². The zero-order valence-electron chi connectivity index (χ0n) is 11.2. The lowest BCUT2D eigenvalue weighted by molar-refractivity contribution is -0.385. The second-order valence-electron chi connectivity index (χ2n) is 4.80. The largest absolute Gasteiger partial charge is 0.294 e. The number of nitrogens with zero attached hydrogens (tertiary/aromatic N) is 1. The van der Waals surface area contributed by atoms with Crippen molar-refractivity contribution in [1.29, 1.82) is 0 Å². The lowest BCUT2D eigenvalue weighted by atomic mass is 9.83. The number of benzene rings is 2. The molecule has 0 heterocycles. The van der Waals surface area contributed by atoms with Crippen LogP contribution < -0.4 is 0 Å². The summed E-state index contributed by atoms with van der Waals surface area (Å²) in [7, 11) is -4.58. The molecule has 0 aliphatic heterocycles. The Bertz CT molecular complexity index is 1010. The maximum atomic E-state index is 12.5. The first-order valence-electron chi connectivity index (χ1n) is 6.20. The number of hydrogen-bond donors (Lipinski definition) is 1. The van der Waals surface area contributed by atoms with Gasteiger partial charge in [0.2, 0.25) is 5.78 Å². The standard InChI is InChI=1S/C14H7NO7S/c16-13-8-5-4-7(23(20,21)22)6-10(8)14(17)12-9(13)2-1-3-11(12)15(18)19/h1-6H,(H,20,21,22). The number of fused-ring (bicyclic) bond motifs is 2. The molecule has 0 atom stereocenters. The summed E-state index contributed by atoms with van der Waals surface area (Å²) in [5.41, 5.74) is -1.41. The van der Waals surface area contributed by atoms with Gasteiger partial charge in [-0.2, -0.15) is 8.42 Å². The average molecular weight is 333 g/mol. The molecular weight excluding hydrogens is 326 g/mol. The van der Waals surface area contributed by atoms with E-state index in [2.05, 4.69) is 0 Å². The Morgan fingerprint density at radius 3 is 2.26 bits per heavy atom. The van der Waals surface area contributed by atoms with Crippen LogP contribution in [0.4, 0.5) is 5.69 Å². The summed E-state index contributed by atoms with van der Waals surface area (Å²) in [6.45, 7) is 0. The van der Waals surface area contributed by atoms with Gasteiger partial charge in [-0.25, -0.2) is 0 Å². The van der Waals surface area contributed by atoms with Crippen LogP contribution in [0.5, 0.6) is 0 Å². The third kappa shape index (κ3) is 2.22. The third-order valence-corrected chi connectivity index (χ3v) is 4.34. The van der Waals surface area contributed by atoms with Gasteiger partial charge in [-0.05, 0) is 24.3 Å². The summed E-state index contributed by atoms with van der Waals surface area (Å²) >= 11 is 0. The van der Waals surface area contributed by atoms with Gasteiger partial charge in [0.05, 0.1) is 9.82 Å². The molecule has 1 aliphatic carbocycles. The summed E-state index contributed by atoms with van der Waals surface area (Å²) in [4.78, 5) is 34.6. The number of nitro benzene ring substituents is 1. The van der Waals surface area contributed by atoms with E-state index in [1.807, 2.05) is 0 Å². The molecule has 116 valence electrons. The SMILES string of the molecule is O=C1c2ccc(S(=O)(=O)O)cc2C(=O)c2c1cccc2[N+](=O)[O-]. The van der Waals surface area contributed by atoms with Gasteiger partial charge < -0.3 is 0 Å². The number of rotatable bonds is 2. The zero-order valence-corrected chi connectivity index (χ0v) is 12.0. The highest BCUT2D eigenvalue weighted by molar-refractivity contribution is 7.85. The predicted molar refractivity (Wildman–Crippen MR) is 76.2 cm³/mol. The highest BCUT2D eigenvalue weighted by atomic mass is 32.2. The molecule has 3 rings (SSSR count). The molecule has 0 aromatic heterocycles. The monoisotopic (exact) mass is 333 g/mol. The topological polar surface area (TPSA) is 132 Å². The lowest BCUT2D eigenvalue weighted by Crippen LogP contribution is -2.22. The fourth-order valence-corrected chi connectivity index (χ4v) is 2.98. The number of ketones is 2. The van der Waals surface area contributed by atoms with Gasteiger partial charge in [-0.3, -0.25) is 24.3 Å². The minimum atomic E-state index is -4.58. The van der Waals surface area contributed by atoms with E-state index < -0.39 is 37.2 Å². The Morgan fingerprint density at radius 1 is 0.957 bits per heavy atom. The van der Waals surface area contributed by atoms with Crippen LogP contribution in [0.2, 0.25) is 0 Å². The maximum Gasteiger partial charge on any atom is 0.294 e. The van der Waals surface area contributed by atoms with E-state index in [0.29, 0.717) is 0 Å². The van der Waals surface area contributed by atoms with Crippen molar-refractivity contribution in [2.24, 2.45) is 0 Å². The van der Waals surface area contributed by atoms with Crippen molar-refractivity contribution in [3.63, 3.8) is 0 Å². The molecule has 0 bridgehead atoms. The van der Waals surface area contributed by atoms with Gasteiger partial charge in [-0.1, -0.05) is 6.07 Å². The van der Waals surface area contributed by atoms with Gasteiger partial charge in [0.25, 0.3) is 15.8 Å². The first-order chi connectivity index (χ1) is 10.7. The molecule has 0 fully saturated rings. The highest BCUT2D eigenvalue weighted by Gasteiger charge is 2.36. The molecule has 9 heteroatoms. The lowest BCUT2D eigenvalue weighted by Gasteiger charge is -2.17.